The Morgan fingerprint density at radius 3 is 2.14 bits per heavy atom. The lowest BCUT2D eigenvalue weighted by Crippen LogP contribution is -2.25. The van der Waals surface area contributed by atoms with E-state index in [9.17, 15) is 18.5 Å². The molecule has 6 nitrogen and oxygen atoms in total. The molecule has 0 unspecified atom stereocenters. The number of anilines is 1. The van der Waals surface area contributed by atoms with Gasteiger partial charge in [0.15, 0.2) is 9.84 Å². The van der Waals surface area contributed by atoms with Gasteiger partial charge >= 0.3 is 0 Å². The van der Waals surface area contributed by atoms with Crippen LogP contribution in [0.1, 0.15) is 27.7 Å². The number of hydrogen-bond donors (Lipinski definition) is 1. The minimum absolute atomic E-state index is 0.0343. The van der Waals surface area contributed by atoms with Gasteiger partial charge in [0.1, 0.15) is 0 Å². The van der Waals surface area contributed by atoms with Gasteiger partial charge < -0.3 is 5.32 Å². The first-order valence-corrected chi connectivity index (χ1v) is 9.15. The Labute approximate surface area is 132 Å². The first kappa shape index (κ1) is 18.4. The summed E-state index contributed by atoms with van der Waals surface area (Å²) in [5, 5.41) is 14.0. The van der Waals surface area contributed by atoms with Crippen LogP contribution in [0.3, 0.4) is 0 Å². The second-order valence-electron chi connectivity index (χ2n) is 6.24. The third kappa shape index (κ3) is 4.69. The van der Waals surface area contributed by atoms with Gasteiger partial charge in [0, 0.05) is 24.9 Å². The highest BCUT2D eigenvalue weighted by atomic mass is 32.2. The lowest BCUT2D eigenvalue weighted by Gasteiger charge is -2.26. The molecular weight excluding hydrogens is 304 g/mol. The summed E-state index contributed by atoms with van der Waals surface area (Å²) in [4.78, 5) is 10.2. The van der Waals surface area contributed by atoms with E-state index in [1.54, 1.807) is 0 Å². The second-order valence-corrected chi connectivity index (χ2v) is 8.23. The fourth-order valence-electron chi connectivity index (χ4n) is 2.55. The lowest BCUT2D eigenvalue weighted by molar-refractivity contribution is -0.385. The Morgan fingerprint density at radius 2 is 1.73 bits per heavy atom. The molecule has 1 N–H and O–H groups in total. The van der Waals surface area contributed by atoms with Gasteiger partial charge in [-0.3, -0.25) is 10.1 Å². The van der Waals surface area contributed by atoms with Crippen molar-refractivity contribution in [1.29, 1.82) is 0 Å². The molecule has 7 heteroatoms. The fourth-order valence-corrected chi connectivity index (χ4v) is 3.42. The van der Waals surface area contributed by atoms with Crippen molar-refractivity contribution in [2.45, 2.75) is 32.6 Å². The summed E-state index contributed by atoms with van der Waals surface area (Å²) in [6.07, 6.45) is 1.06. The monoisotopic (exact) mass is 328 g/mol. The first-order chi connectivity index (χ1) is 10.0. The predicted molar refractivity (Wildman–Crippen MR) is 87.9 cm³/mol. The molecule has 0 saturated carbocycles. The molecule has 1 rings (SSSR count). The Bertz CT molecular complexity index is 631. The molecule has 0 spiro atoms. The van der Waals surface area contributed by atoms with E-state index in [2.05, 4.69) is 33.0 Å². The highest BCUT2D eigenvalue weighted by Gasteiger charge is 2.21. The molecule has 1 aromatic carbocycles. The minimum Gasteiger partial charge on any atom is -0.384 e. The molecule has 0 fully saturated rings. The highest BCUT2D eigenvalue weighted by Crippen LogP contribution is 2.28. The number of nitrogens with zero attached hydrogens (tertiary/aromatic N) is 1. The smallest absolute Gasteiger partial charge is 0.270 e. The molecule has 0 atom stereocenters. The quantitative estimate of drug-likeness (QED) is 0.612. The van der Waals surface area contributed by atoms with Crippen LogP contribution in [-0.2, 0) is 9.84 Å². The molecule has 0 aliphatic carbocycles. The number of hydrogen-bond acceptors (Lipinski definition) is 5. The van der Waals surface area contributed by atoms with Gasteiger partial charge in [0.2, 0.25) is 0 Å². The number of benzene rings is 1. The number of non-ortho nitro benzene ring substituents is 1. The zero-order valence-electron chi connectivity index (χ0n) is 13.7. The van der Waals surface area contributed by atoms with Crippen molar-refractivity contribution < 1.29 is 13.3 Å². The van der Waals surface area contributed by atoms with Gasteiger partial charge in [0.25, 0.3) is 5.69 Å². The van der Waals surface area contributed by atoms with Crippen LogP contribution in [0.5, 0.6) is 0 Å². The molecule has 0 aliphatic rings. The maximum atomic E-state index is 11.9. The van der Waals surface area contributed by atoms with Crippen LogP contribution in [0, 0.1) is 27.9 Å². The van der Waals surface area contributed by atoms with Crippen LogP contribution in [-0.4, -0.2) is 26.1 Å². The average Bonchev–Trinajstić information content (AvgIpc) is 2.36. The number of rotatable bonds is 7. The van der Waals surface area contributed by atoms with E-state index in [0.29, 0.717) is 30.0 Å². The maximum absolute atomic E-state index is 11.9. The first-order valence-electron chi connectivity index (χ1n) is 7.26. The SMILES string of the molecule is CC(C)C(CNc1ccc([N+](=O)[O-])cc1S(C)(=O)=O)C(C)C. The van der Waals surface area contributed by atoms with Gasteiger partial charge in [-0.15, -0.1) is 0 Å². The van der Waals surface area contributed by atoms with Crippen molar-refractivity contribution in [3.05, 3.63) is 28.3 Å². The van der Waals surface area contributed by atoms with E-state index in [4.69, 9.17) is 0 Å². The summed E-state index contributed by atoms with van der Waals surface area (Å²) < 4.78 is 23.8. The molecule has 0 amide bonds. The third-order valence-corrected chi connectivity index (χ3v) is 4.95. The van der Waals surface area contributed by atoms with Crippen molar-refractivity contribution >= 4 is 21.2 Å². The number of nitro benzene ring substituents is 1. The molecular formula is C15H24N2O4S. The highest BCUT2D eigenvalue weighted by molar-refractivity contribution is 7.90. The number of nitro groups is 1. The molecule has 0 aromatic heterocycles. The normalized spacial score (nSPS) is 12.2. The summed E-state index contributed by atoms with van der Waals surface area (Å²) in [5.41, 5.74) is 0.189. The molecule has 22 heavy (non-hydrogen) atoms. The van der Waals surface area contributed by atoms with Crippen LogP contribution in [0.25, 0.3) is 0 Å². The van der Waals surface area contributed by atoms with Gasteiger partial charge in [-0.05, 0) is 23.8 Å². The molecule has 124 valence electrons. The van der Waals surface area contributed by atoms with Crippen LogP contribution in [0.15, 0.2) is 23.1 Å². The van der Waals surface area contributed by atoms with E-state index >= 15 is 0 Å². The minimum atomic E-state index is -3.54. The summed E-state index contributed by atoms with van der Waals surface area (Å²) in [6, 6.07) is 3.89. The molecule has 0 aliphatic heterocycles. The molecule has 0 radical (unpaired) electrons. The van der Waals surface area contributed by atoms with Crippen LogP contribution >= 0.6 is 0 Å². The molecule has 0 heterocycles. The summed E-state index contributed by atoms with van der Waals surface area (Å²) in [7, 11) is -3.54. The third-order valence-electron chi connectivity index (χ3n) is 3.82. The zero-order chi connectivity index (χ0) is 17.1. The van der Waals surface area contributed by atoms with Gasteiger partial charge in [-0.25, -0.2) is 8.42 Å². The molecule has 1 aromatic rings. The maximum Gasteiger partial charge on any atom is 0.270 e. The summed E-state index contributed by atoms with van der Waals surface area (Å²) in [6.45, 7) is 9.12. The predicted octanol–water partition coefficient (Wildman–Crippen LogP) is 3.34. The zero-order valence-corrected chi connectivity index (χ0v) is 14.5. The van der Waals surface area contributed by atoms with Crippen molar-refractivity contribution in [2.75, 3.05) is 18.1 Å². The Balaban J connectivity index is 3.12. The Morgan fingerprint density at radius 1 is 1.18 bits per heavy atom. The van der Waals surface area contributed by atoms with Gasteiger partial charge in [0.05, 0.1) is 15.5 Å². The van der Waals surface area contributed by atoms with Crippen molar-refractivity contribution in [3.63, 3.8) is 0 Å². The van der Waals surface area contributed by atoms with E-state index in [1.807, 2.05) is 0 Å². The molecule has 0 saturated heterocycles. The average molecular weight is 328 g/mol. The molecule has 0 bridgehead atoms. The largest absolute Gasteiger partial charge is 0.384 e. The van der Waals surface area contributed by atoms with E-state index < -0.39 is 14.8 Å². The van der Waals surface area contributed by atoms with E-state index in [1.165, 1.54) is 12.1 Å². The summed E-state index contributed by atoms with van der Waals surface area (Å²) in [5.74, 6) is 1.28. The number of nitrogens with one attached hydrogen (secondary N) is 1. The van der Waals surface area contributed by atoms with E-state index in [-0.39, 0.29) is 10.6 Å². The lowest BCUT2D eigenvalue weighted by atomic mass is 9.85. The van der Waals surface area contributed by atoms with Crippen LogP contribution in [0.2, 0.25) is 0 Å². The van der Waals surface area contributed by atoms with Crippen molar-refractivity contribution in [1.82, 2.24) is 0 Å². The van der Waals surface area contributed by atoms with Crippen molar-refractivity contribution in [3.8, 4) is 0 Å². The Hall–Kier alpha value is -1.63. The Kier molecular flexibility index (Phi) is 5.93. The van der Waals surface area contributed by atoms with Crippen LogP contribution < -0.4 is 5.32 Å². The second kappa shape index (κ2) is 7.09. The fraction of sp³-hybridized carbons (Fsp3) is 0.600. The van der Waals surface area contributed by atoms with Crippen LogP contribution in [0.4, 0.5) is 11.4 Å². The van der Waals surface area contributed by atoms with Crippen molar-refractivity contribution in [2.24, 2.45) is 17.8 Å². The standard InChI is InChI=1S/C15H24N2O4S/c1-10(2)13(11(3)4)9-16-14-7-6-12(17(18)19)8-15(14)22(5,20)21/h6-8,10-11,13,16H,9H2,1-5H3. The van der Waals surface area contributed by atoms with Gasteiger partial charge in [-0.2, -0.15) is 0 Å². The number of sulfone groups is 1. The summed E-state index contributed by atoms with van der Waals surface area (Å²) >= 11 is 0. The van der Waals surface area contributed by atoms with Gasteiger partial charge in [-0.1, -0.05) is 27.7 Å². The van der Waals surface area contributed by atoms with E-state index in [0.717, 1.165) is 12.3 Å². The topological polar surface area (TPSA) is 89.3 Å².